The number of halogens is 7. The molecule has 0 saturated carbocycles. The highest BCUT2D eigenvalue weighted by atomic mass is 35.5. The molecular formula is C6H5ClF6. The first-order chi connectivity index (χ1) is 5.60. The molecule has 0 rings (SSSR count). The molecule has 0 aromatic rings. The van der Waals surface area contributed by atoms with Crippen molar-refractivity contribution in [1.82, 2.24) is 0 Å². The van der Waals surface area contributed by atoms with Gasteiger partial charge in [0, 0.05) is 17.5 Å². The molecule has 0 spiro atoms. The van der Waals surface area contributed by atoms with Gasteiger partial charge in [-0.2, -0.15) is 26.3 Å². The Bertz CT molecular complexity index is 188. The zero-order valence-electron chi connectivity index (χ0n) is 6.14. The molecule has 0 radical (unpaired) electrons. The van der Waals surface area contributed by atoms with Crippen LogP contribution >= 0.6 is 11.6 Å². The second-order valence-corrected chi connectivity index (χ2v) is 2.73. The third kappa shape index (κ3) is 9.52. The Morgan fingerprint density at radius 2 is 1.54 bits per heavy atom. The van der Waals surface area contributed by atoms with Crippen molar-refractivity contribution in [1.29, 1.82) is 0 Å². The van der Waals surface area contributed by atoms with Gasteiger partial charge in [-0.05, 0) is 6.42 Å². The Morgan fingerprint density at radius 1 is 1.08 bits per heavy atom. The predicted octanol–water partition coefficient (Wildman–Crippen LogP) is 4.01. The van der Waals surface area contributed by atoms with E-state index in [0.717, 1.165) is 0 Å². The highest BCUT2D eigenvalue weighted by Crippen LogP contribution is 2.28. The Morgan fingerprint density at radius 3 is 1.85 bits per heavy atom. The van der Waals surface area contributed by atoms with Crippen molar-refractivity contribution in [3.63, 3.8) is 0 Å². The molecular weight excluding hydrogens is 222 g/mol. The molecule has 0 aliphatic rings. The van der Waals surface area contributed by atoms with Crippen LogP contribution in [0.2, 0.25) is 0 Å². The van der Waals surface area contributed by atoms with Gasteiger partial charge < -0.3 is 0 Å². The van der Waals surface area contributed by atoms with Gasteiger partial charge in [-0.15, -0.1) is 0 Å². The van der Waals surface area contributed by atoms with E-state index >= 15 is 0 Å². The summed E-state index contributed by atoms with van der Waals surface area (Å²) in [6, 6.07) is 0. The molecule has 0 fully saturated rings. The third-order valence-electron chi connectivity index (χ3n) is 0.968. The summed E-state index contributed by atoms with van der Waals surface area (Å²) in [5.74, 6) is 0. The van der Waals surface area contributed by atoms with E-state index in [9.17, 15) is 26.3 Å². The van der Waals surface area contributed by atoms with Crippen molar-refractivity contribution in [2.45, 2.75) is 25.2 Å². The molecule has 13 heavy (non-hydrogen) atoms. The van der Waals surface area contributed by atoms with Gasteiger partial charge in [-0.3, -0.25) is 0 Å². The Labute approximate surface area is 75.2 Å². The van der Waals surface area contributed by atoms with E-state index in [1.165, 1.54) is 0 Å². The number of rotatable bonds is 2. The smallest absolute Gasteiger partial charge is 0.171 e. The molecule has 0 aromatic carbocycles. The lowest BCUT2D eigenvalue weighted by Gasteiger charge is -2.05. The van der Waals surface area contributed by atoms with Crippen molar-refractivity contribution in [3.8, 4) is 0 Å². The van der Waals surface area contributed by atoms with Gasteiger partial charge in [0.15, 0.2) is 0 Å². The summed E-state index contributed by atoms with van der Waals surface area (Å²) in [7, 11) is 0. The zero-order valence-corrected chi connectivity index (χ0v) is 6.89. The van der Waals surface area contributed by atoms with Gasteiger partial charge in [0.2, 0.25) is 0 Å². The molecule has 0 atom stereocenters. The maximum Gasteiger partial charge on any atom is 0.410 e. The molecule has 78 valence electrons. The average Bonchev–Trinajstić information content (AvgIpc) is 1.78. The van der Waals surface area contributed by atoms with Crippen LogP contribution in [0, 0.1) is 0 Å². The fourth-order valence-electron chi connectivity index (χ4n) is 0.511. The minimum atomic E-state index is -4.66. The lowest BCUT2D eigenvalue weighted by Crippen LogP contribution is -2.07. The Kier molecular flexibility index (Phi) is 4.09. The fourth-order valence-corrected chi connectivity index (χ4v) is 0.729. The summed E-state index contributed by atoms with van der Waals surface area (Å²) < 4.78 is 68.9. The highest BCUT2D eigenvalue weighted by molar-refractivity contribution is 6.29. The molecule has 0 amide bonds. The van der Waals surface area contributed by atoms with Crippen LogP contribution in [-0.2, 0) is 0 Å². The molecule has 0 saturated heterocycles. The largest absolute Gasteiger partial charge is 0.410 e. The van der Waals surface area contributed by atoms with Crippen LogP contribution in [0.25, 0.3) is 0 Å². The Balaban J connectivity index is 4.02. The highest BCUT2D eigenvalue weighted by Gasteiger charge is 2.29. The molecule has 0 N–H and O–H groups in total. The first-order valence-corrected chi connectivity index (χ1v) is 3.49. The SMILES string of the molecule is FC(F)(F)C=C(Cl)CCC(F)(F)F. The molecule has 0 unspecified atom stereocenters. The second-order valence-electron chi connectivity index (χ2n) is 2.25. The van der Waals surface area contributed by atoms with Gasteiger partial charge in [0.05, 0.1) is 0 Å². The van der Waals surface area contributed by atoms with E-state index in [1.807, 2.05) is 0 Å². The van der Waals surface area contributed by atoms with Crippen molar-refractivity contribution in [2.24, 2.45) is 0 Å². The summed E-state index contributed by atoms with van der Waals surface area (Å²) in [5, 5.41) is -0.843. The summed E-state index contributed by atoms with van der Waals surface area (Å²) in [6.45, 7) is 0. The molecule has 0 aliphatic carbocycles. The second kappa shape index (κ2) is 4.21. The molecule has 0 aromatic heterocycles. The van der Waals surface area contributed by atoms with Crippen LogP contribution in [0.5, 0.6) is 0 Å². The minimum absolute atomic E-state index is 0.347. The van der Waals surface area contributed by atoms with Gasteiger partial charge in [-0.1, -0.05) is 11.6 Å². The maximum absolute atomic E-state index is 11.5. The average molecular weight is 227 g/mol. The van der Waals surface area contributed by atoms with Crippen molar-refractivity contribution in [2.75, 3.05) is 0 Å². The molecule has 0 nitrogen and oxygen atoms in total. The van der Waals surface area contributed by atoms with Crippen molar-refractivity contribution >= 4 is 11.6 Å². The van der Waals surface area contributed by atoms with Gasteiger partial charge in [0.1, 0.15) is 0 Å². The van der Waals surface area contributed by atoms with Gasteiger partial charge in [-0.25, -0.2) is 0 Å². The minimum Gasteiger partial charge on any atom is -0.171 e. The predicted molar refractivity (Wildman–Crippen MR) is 35.3 cm³/mol. The van der Waals surface area contributed by atoms with Crippen LogP contribution in [0.4, 0.5) is 26.3 Å². The summed E-state index contributed by atoms with van der Waals surface area (Å²) in [6.07, 6.45) is -11.7. The summed E-state index contributed by atoms with van der Waals surface area (Å²) >= 11 is 4.91. The summed E-state index contributed by atoms with van der Waals surface area (Å²) in [4.78, 5) is 0. The van der Waals surface area contributed by atoms with E-state index in [0.29, 0.717) is 0 Å². The van der Waals surface area contributed by atoms with Crippen LogP contribution in [0.15, 0.2) is 11.1 Å². The van der Waals surface area contributed by atoms with Gasteiger partial charge >= 0.3 is 12.4 Å². The van der Waals surface area contributed by atoms with Crippen molar-refractivity contribution < 1.29 is 26.3 Å². The first kappa shape index (κ1) is 12.6. The number of alkyl halides is 6. The molecule has 7 heteroatoms. The topological polar surface area (TPSA) is 0 Å². The van der Waals surface area contributed by atoms with Crippen LogP contribution < -0.4 is 0 Å². The number of allylic oxidation sites excluding steroid dienone is 2. The third-order valence-corrected chi connectivity index (χ3v) is 1.27. The van der Waals surface area contributed by atoms with Crippen molar-refractivity contribution in [3.05, 3.63) is 11.1 Å². The lowest BCUT2D eigenvalue weighted by atomic mass is 10.3. The Hall–Kier alpha value is -0.390. The van der Waals surface area contributed by atoms with E-state index in [1.54, 1.807) is 0 Å². The molecule has 0 heterocycles. The maximum atomic E-state index is 11.5. The quantitative estimate of drug-likeness (QED) is 0.624. The van der Waals surface area contributed by atoms with E-state index < -0.39 is 30.2 Å². The van der Waals surface area contributed by atoms with Crippen LogP contribution in [0.1, 0.15) is 12.8 Å². The lowest BCUT2D eigenvalue weighted by molar-refractivity contribution is -0.134. The van der Waals surface area contributed by atoms with Crippen LogP contribution in [-0.4, -0.2) is 12.4 Å². The monoisotopic (exact) mass is 226 g/mol. The first-order valence-electron chi connectivity index (χ1n) is 3.11. The normalized spacial score (nSPS) is 14.8. The van der Waals surface area contributed by atoms with E-state index in [2.05, 4.69) is 0 Å². The number of hydrogen-bond acceptors (Lipinski definition) is 0. The van der Waals surface area contributed by atoms with E-state index in [-0.39, 0.29) is 6.08 Å². The standard InChI is InChI=1S/C6H5ClF6/c7-4(3-6(11,12)13)1-2-5(8,9)10/h3H,1-2H2. The number of hydrogen-bond donors (Lipinski definition) is 0. The zero-order chi connectivity index (χ0) is 10.7. The van der Waals surface area contributed by atoms with E-state index in [4.69, 9.17) is 11.6 Å². The molecule has 0 aliphatic heterocycles. The van der Waals surface area contributed by atoms with Crippen LogP contribution in [0.3, 0.4) is 0 Å². The molecule has 0 bridgehead atoms. The fraction of sp³-hybridized carbons (Fsp3) is 0.667. The van der Waals surface area contributed by atoms with Gasteiger partial charge in [0.25, 0.3) is 0 Å². The summed E-state index contributed by atoms with van der Waals surface area (Å²) in [5.41, 5.74) is 0.